The molecule has 1 aliphatic rings. The minimum absolute atomic E-state index is 0.0550. The second-order valence-corrected chi connectivity index (χ2v) is 6.34. The van der Waals surface area contributed by atoms with Gasteiger partial charge in [0, 0.05) is 12.1 Å². The van der Waals surface area contributed by atoms with E-state index in [9.17, 15) is 15.0 Å². The summed E-state index contributed by atoms with van der Waals surface area (Å²) in [7, 11) is 0. The van der Waals surface area contributed by atoms with Gasteiger partial charge in [-0.15, -0.1) is 0 Å². The number of hydrogen-bond acceptors (Lipinski definition) is 3. The molecule has 0 saturated carbocycles. The van der Waals surface area contributed by atoms with E-state index in [-0.39, 0.29) is 17.4 Å². The molecule has 1 aliphatic heterocycles. The van der Waals surface area contributed by atoms with Crippen LogP contribution in [0.3, 0.4) is 0 Å². The van der Waals surface area contributed by atoms with Crippen LogP contribution in [0.2, 0.25) is 0 Å². The Bertz CT molecular complexity index is 764. The van der Waals surface area contributed by atoms with Crippen molar-refractivity contribution in [2.24, 2.45) is 0 Å². The molecule has 2 N–H and O–H groups in total. The second kappa shape index (κ2) is 5.35. The summed E-state index contributed by atoms with van der Waals surface area (Å²) in [6.45, 7) is 4.45. The van der Waals surface area contributed by atoms with Crippen LogP contribution >= 0.6 is 15.9 Å². The molecule has 0 bridgehead atoms. The fourth-order valence-electron chi connectivity index (χ4n) is 2.75. The third-order valence-corrected chi connectivity index (χ3v) is 4.54. The van der Waals surface area contributed by atoms with Crippen molar-refractivity contribution in [2.45, 2.75) is 32.9 Å². The standard InChI is InChI=1S/C16H16BrNO4/c1-8(2)22-14-7-10-9(5-13(14)19)3-4-18-12(10)6-11(15(18)17)16(20)21/h5-8,19H,3-4H2,1-2H3,(H,20,21). The maximum atomic E-state index is 11.3. The molecule has 6 heteroatoms. The summed E-state index contributed by atoms with van der Waals surface area (Å²) in [6, 6.07) is 5.15. The van der Waals surface area contributed by atoms with Crippen molar-refractivity contribution in [3.05, 3.63) is 33.9 Å². The molecule has 2 heterocycles. The van der Waals surface area contributed by atoms with Gasteiger partial charge in [-0.3, -0.25) is 0 Å². The van der Waals surface area contributed by atoms with Gasteiger partial charge in [-0.25, -0.2) is 4.79 Å². The number of fused-ring (bicyclic) bond motifs is 3. The number of aromatic carboxylic acids is 1. The average Bonchev–Trinajstić information content (AvgIpc) is 2.77. The number of carboxylic acids is 1. The Kier molecular flexibility index (Phi) is 3.64. The molecule has 3 rings (SSSR count). The van der Waals surface area contributed by atoms with E-state index in [1.54, 1.807) is 18.2 Å². The number of aromatic hydroxyl groups is 1. The molecular weight excluding hydrogens is 350 g/mol. The molecule has 0 amide bonds. The zero-order chi connectivity index (χ0) is 16.0. The average molecular weight is 366 g/mol. The highest BCUT2D eigenvalue weighted by atomic mass is 79.9. The van der Waals surface area contributed by atoms with Crippen LogP contribution in [0, 0.1) is 0 Å². The van der Waals surface area contributed by atoms with Gasteiger partial charge in [0.05, 0.1) is 22.0 Å². The van der Waals surface area contributed by atoms with Gasteiger partial charge < -0.3 is 19.5 Å². The van der Waals surface area contributed by atoms with Crippen molar-refractivity contribution in [2.75, 3.05) is 0 Å². The fraction of sp³-hybridized carbons (Fsp3) is 0.312. The Morgan fingerprint density at radius 3 is 2.73 bits per heavy atom. The van der Waals surface area contributed by atoms with Crippen LogP contribution in [-0.2, 0) is 13.0 Å². The molecule has 1 aromatic heterocycles. The third-order valence-electron chi connectivity index (χ3n) is 3.69. The first-order valence-electron chi connectivity index (χ1n) is 7.03. The first-order valence-corrected chi connectivity index (χ1v) is 7.83. The van der Waals surface area contributed by atoms with Crippen molar-refractivity contribution >= 4 is 21.9 Å². The Morgan fingerprint density at radius 2 is 2.09 bits per heavy atom. The second-order valence-electron chi connectivity index (χ2n) is 5.58. The summed E-state index contributed by atoms with van der Waals surface area (Å²) in [4.78, 5) is 11.3. The lowest BCUT2D eigenvalue weighted by molar-refractivity contribution is 0.0695. The first-order chi connectivity index (χ1) is 10.4. The fourth-order valence-corrected chi connectivity index (χ4v) is 3.41. The van der Waals surface area contributed by atoms with Gasteiger partial charge >= 0.3 is 5.97 Å². The lowest BCUT2D eigenvalue weighted by Gasteiger charge is -2.22. The highest BCUT2D eigenvalue weighted by Crippen LogP contribution is 2.41. The minimum atomic E-state index is -0.965. The van der Waals surface area contributed by atoms with Gasteiger partial charge in [-0.1, -0.05) is 0 Å². The lowest BCUT2D eigenvalue weighted by atomic mass is 9.97. The smallest absolute Gasteiger partial charge is 0.338 e. The molecule has 0 spiro atoms. The number of carbonyl (C=O) groups is 1. The van der Waals surface area contributed by atoms with Crippen LogP contribution in [0.15, 0.2) is 22.8 Å². The highest BCUT2D eigenvalue weighted by molar-refractivity contribution is 9.10. The SMILES string of the molecule is CC(C)Oc1cc2c(cc1O)CCn1c-2cc(C(=O)O)c1Br. The zero-order valence-electron chi connectivity index (χ0n) is 12.3. The number of aromatic nitrogens is 1. The Labute approximate surface area is 136 Å². The van der Waals surface area contributed by atoms with E-state index in [1.807, 2.05) is 18.4 Å². The number of halogens is 1. The molecule has 0 unspecified atom stereocenters. The predicted molar refractivity (Wildman–Crippen MR) is 85.7 cm³/mol. The summed E-state index contributed by atoms with van der Waals surface area (Å²) in [5.41, 5.74) is 2.94. The zero-order valence-corrected chi connectivity index (χ0v) is 13.8. The molecule has 5 nitrogen and oxygen atoms in total. The minimum Gasteiger partial charge on any atom is -0.504 e. The number of phenols is 1. The molecule has 0 aliphatic carbocycles. The van der Waals surface area contributed by atoms with E-state index in [2.05, 4.69) is 15.9 Å². The summed E-state index contributed by atoms with van der Waals surface area (Å²) >= 11 is 3.36. The molecule has 22 heavy (non-hydrogen) atoms. The lowest BCUT2D eigenvalue weighted by Crippen LogP contribution is -2.12. The van der Waals surface area contributed by atoms with Crippen LogP contribution in [0.1, 0.15) is 29.8 Å². The van der Waals surface area contributed by atoms with Gasteiger partial charge in [0.25, 0.3) is 0 Å². The normalized spacial score (nSPS) is 12.9. The molecule has 0 fully saturated rings. The molecule has 116 valence electrons. The Balaban J connectivity index is 2.17. The topological polar surface area (TPSA) is 71.7 Å². The molecule has 0 saturated heterocycles. The number of hydrogen-bond donors (Lipinski definition) is 2. The van der Waals surface area contributed by atoms with Crippen LogP contribution in [0.25, 0.3) is 11.3 Å². The number of nitrogens with zero attached hydrogens (tertiary/aromatic N) is 1. The van der Waals surface area contributed by atoms with Gasteiger partial charge in [0.2, 0.25) is 0 Å². The van der Waals surface area contributed by atoms with Crippen LogP contribution < -0.4 is 4.74 Å². The van der Waals surface area contributed by atoms with Crippen molar-refractivity contribution < 1.29 is 19.7 Å². The monoisotopic (exact) mass is 365 g/mol. The van der Waals surface area contributed by atoms with E-state index >= 15 is 0 Å². The van der Waals surface area contributed by atoms with E-state index in [4.69, 9.17) is 4.74 Å². The quantitative estimate of drug-likeness (QED) is 0.870. The Hall–Kier alpha value is -1.95. The van der Waals surface area contributed by atoms with E-state index in [0.717, 1.165) is 23.2 Å². The molecule has 0 atom stereocenters. The van der Waals surface area contributed by atoms with Crippen molar-refractivity contribution in [1.29, 1.82) is 0 Å². The first kappa shape index (κ1) is 15.0. The number of phenolic OH excluding ortho intramolecular Hbond substituents is 1. The predicted octanol–water partition coefficient (Wildman–Crippen LogP) is 3.66. The van der Waals surface area contributed by atoms with Crippen molar-refractivity contribution in [1.82, 2.24) is 4.57 Å². The Morgan fingerprint density at radius 1 is 1.36 bits per heavy atom. The van der Waals surface area contributed by atoms with Crippen LogP contribution in [0.5, 0.6) is 11.5 Å². The van der Waals surface area contributed by atoms with Crippen LogP contribution in [0.4, 0.5) is 0 Å². The molecule has 1 aromatic carbocycles. The van der Waals surface area contributed by atoms with E-state index in [0.29, 0.717) is 16.9 Å². The number of carboxylic acid groups (broad SMARTS) is 1. The van der Waals surface area contributed by atoms with Crippen LogP contribution in [-0.4, -0.2) is 26.9 Å². The van der Waals surface area contributed by atoms with Gasteiger partial charge in [-0.05, 0) is 60.0 Å². The van der Waals surface area contributed by atoms with Gasteiger partial charge in [0.15, 0.2) is 11.5 Å². The highest BCUT2D eigenvalue weighted by Gasteiger charge is 2.25. The molecular formula is C16H16BrNO4. The number of ether oxygens (including phenoxy) is 1. The summed E-state index contributed by atoms with van der Waals surface area (Å²) in [5, 5.41) is 19.3. The van der Waals surface area contributed by atoms with Gasteiger partial charge in [-0.2, -0.15) is 0 Å². The summed E-state index contributed by atoms with van der Waals surface area (Å²) < 4.78 is 8.13. The number of aryl methyl sites for hydroxylation is 1. The summed E-state index contributed by atoms with van der Waals surface area (Å²) in [5.74, 6) is -0.436. The third kappa shape index (κ3) is 2.37. The van der Waals surface area contributed by atoms with Crippen molar-refractivity contribution in [3.8, 4) is 22.8 Å². The largest absolute Gasteiger partial charge is 0.504 e. The number of rotatable bonds is 3. The maximum Gasteiger partial charge on any atom is 0.338 e. The maximum absolute atomic E-state index is 11.3. The number of benzene rings is 1. The summed E-state index contributed by atoms with van der Waals surface area (Å²) in [6.07, 6.45) is 0.671. The van der Waals surface area contributed by atoms with E-state index in [1.165, 1.54) is 0 Å². The van der Waals surface area contributed by atoms with Gasteiger partial charge in [0.1, 0.15) is 0 Å². The van der Waals surface area contributed by atoms with E-state index < -0.39 is 5.97 Å². The van der Waals surface area contributed by atoms with Crippen molar-refractivity contribution in [3.63, 3.8) is 0 Å². The molecule has 0 radical (unpaired) electrons. The molecule has 2 aromatic rings.